The number of aromatic nitrogens is 1. The van der Waals surface area contributed by atoms with Crippen molar-refractivity contribution < 1.29 is 13.6 Å². The van der Waals surface area contributed by atoms with E-state index in [4.69, 9.17) is 11.6 Å². The van der Waals surface area contributed by atoms with Crippen LogP contribution in [0.5, 0.6) is 0 Å². The minimum atomic E-state index is -0.963. The van der Waals surface area contributed by atoms with Gasteiger partial charge in [-0.3, -0.25) is 4.79 Å². The third kappa shape index (κ3) is 5.24. The van der Waals surface area contributed by atoms with Gasteiger partial charge in [-0.25, -0.2) is 13.8 Å². The zero-order valence-electron chi connectivity index (χ0n) is 14.2. The van der Waals surface area contributed by atoms with Crippen LogP contribution < -0.4 is 10.6 Å². The average Bonchev–Trinajstić information content (AvgIpc) is 2.65. The molecule has 3 rings (SSSR count). The lowest BCUT2D eigenvalue weighted by molar-refractivity contribution is 0.0954. The lowest BCUT2D eigenvalue weighted by Gasteiger charge is -2.09. The second kappa shape index (κ2) is 8.60. The van der Waals surface area contributed by atoms with E-state index in [9.17, 15) is 13.6 Å². The molecule has 1 amide bonds. The second-order valence-corrected chi connectivity index (χ2v) is 6.26. The Morgan fingerprint density at radius 1 is 1.04 bits per heavy atom. The van der Waals surface area contributed by atoms with Gasteiger partial charge in [-0.15, -0.1) is 0 Å². The molecule has 0 atom stereocenters. The molecule has 0 radical (unpaired) electrons. The number of carbonyl (C=O) groups is 1. The van der Waals surface area contributed by atoms with Crippen LogP contribution in [0.15, 0.2) is 60.8 Å². The number of anilines is 2. The molecule has 0 aliphatic rings. The standard InChI is InChI=1S/C20H16ClF2N3O/c21-15-3-1-2-13(10-15)6-8-25-20(27)14-7-9-24-19(11-14)26-16-4-5-17(22)18(23)12-16/h1-5,7,9-12H,6,8H2,(H,24,26)(H,25,27). The fraction of sp³-hybridized carbons (Fsp3) is 0.100. The summed E-state index contributed by atoms with van der Waals surface area (Å²) >= 11 is 5.94. The van der Waals surface area contributed by atoms with E-state index in [1.165, 1.54) is 18.3 Å². The van der Waals surface area contributed by atoms with Crippen molar-refractivity contribution in [2.45, 2.75) is 6.42 Å². The molecule has 0 fully saturated rings. The summed E-state index contributed by atoms with van der Waals surface area (Å²) in [7, 11) is 0. The van der Waals surface area contributed by atoms with Gasteiger partial charge in [-0.2, -0.15) is 0 Å². The van der Waals surface area contributed by atoms with E-state index in [0.29, 0.717) is 35.1 Å². The Morgan fingerprint density at radius 3 is 2.67 bits per heavy atom. The molecule has 7 heteroatoms. The van der Waals surface area contributed by atoms with Crippen molar-refractivity contribution in [3.63, 3.8) is 0 Å². The van der Waals surface area contributed by atoms with Crippen molar-refractivity contribution in [1.29, 1.82) is 0 Å². The van der Waals surface area contributed by atoms with Crippen LogP contribution in [0.25, 0.3) is 0 Å². The molecule has 0 saturated carbocycles. The Bertz CT molecular complexity index is 965. The van der Waals surface area contributed by atoms with Gasteiger partial charge in [-0.1, -0.05) is 23.7 Å². The van der Waals surface area contributed by atoms with Crippen molar-refractivity contribution in [2.75, 3.05) is 11.9 Å². The third-order valence-corrected chi connectivity index (χ3v) is 4.04. The lowest BCUT2D eigenvalue weighted by Crippen LogP contribution is -2.25. The van der Waals surface area contributed by atoms with Gasteiger partial charge in [0.25, 0.3) is 5.91 Å². The molecule has 27 heavy (non-hydrogen) atoms. The summed E-state index contributed by atoms with van der Waals surface area (Å²) in [5, 5.41) is 6.32. The smallest absolute Gasteiger partial charge is 0.251 e. The Kier molecular flexibility index (Phi) is 5.98. The van der Waals surface area contributed by atoms with E-state index in [2.05, 4.69) is 15.6 Å². The van der Waals surface area contributed by atoms with Crippen LogP contribution in [0.2, 0.25) is 5.02 Å². The average molecular weight is 388 g/mol. The maximum Gasteiger partial charge on any atom is 0.251 e. The van der Waals surface area contributed by atoms with Crippen molar-refractivity contribution >= 4 is 29.0 Å². The summed E-state index contributed by atoms with van der Waals surface area (Å²) in [6, 6.07) is 14.0. The van der Waals surface area contributed by atoms with Gasteiger partial charge in [0.2, 0.25) is 0 Å². The van der Waals surface area contributed by atoms with Crippen molar-refractivity contribution in [2.24, 2.45) is 0 Å². The first-order valence-electron chi connectivity index (χ1n) is 8.22. The molecule has 0 saturated heterocycles. The highest BCUT2D eigenvalue weighted by molar-refractivity contribution is 6.30. The molecule has 3 aromatic rings. The number of nitrogens with zero attached hydrogens (tertiary/aromatic N) is 1. The van der Waals surface area contributed by atoms with Crippen molar-refractivity contribution in [3.05, 3.63) is 88.6 Å². The number of benzene rings is 2. The molecule has 1 aromatic heterocycles. The predicted octanol–water partition coefficient (Wildman–Crippen LogP) is 4.73. The monoisotopic (exact) mass is 387 g/mol. The molecule has 4 nitrogen and oxygen atoms in total. The maximum atomic E-state index is 13.3. The number of halogens is 3. The minimum Gasteiger partial charge on any atom is -0.352 e. The summed E-state index contributed by atoms with van der Waals surface area (Å²) in [6.07, 6.45) is 2.12. The molecule has 0 unspecified atom stereocenters. The number of rotatable bonds is 6. The van der Waals surface area contributed by atoms with E-state index in [-0.39, 0.29) is 5.91 Å². The first-order chi connectivity index (χ1) is 13.0. The van der Waals surface area contributed by atoms with Crippen molar-refractivity contribution in [3.8, 4) is 0 Å². The van der Waals surface area contributed by atoms with Crippen LogP contribution in [0.3, 0.4) is 0 Å². The number of nitrogens with one attached hydrogen (secondary N) is 2. The van der Waals surface area contributed by atoms with Gasteiger partial charge >= 0.3 is 0 Å². The number of pyridine rings is 1. The summed E-state index contributed by atoms with van der Waals surface area (Å²) in [6.45, 7) is 0.452. The van der Waals surface area contributed by atoms with Gasteiger partial charge in [0.15, 0.2) is 11.6 Å². The Hall–Kier alpha value is -2.99. The first kappa shape index (κ1) is 18.8. The summed E-state index contributed by atoms with van der Waals surface area (Å²) in [4.78, 5) is 16.4. The highest BCUT2D eigenvalue weighted by atomic mass is 35.5. The topological polar surface area (TPSA) is 54.0 Å². The zero-order chi connectivity index (χ0) is 19.2. The highest BCUT2D eigenvalue weighted by Gasteiger charge is 2.08. The third-order valence-electron chi connectivity index (χ3n) is 3.80. The van der Waals surface area contributed by atoms with Gasteiger partial charge in [0.05, 0.1) is 0 Å². The predicted molar refractivity (Wildman–Crippen MR) is 101 cm³/mol. The van der Waals surface area contributed by atoms with Gasteiger partial charge < -0.3 is 10.6 Å². The van der Waals surface area contributed by atoms with E-state index in [1.54, 1.807) is 12.1 Å². The number of amides is 1. The van der Waals surface area contributed by atoms with Gasteiger partial charge in [0, 0.05) is 35.1 Å². The molecule has 2 N–H and O–H groups in total. The molecule has 2 aromatic carbocycles. The normalized spacial score (nSPS) is 10.5. The van der Waals surface area contributed by atoms with Crippen LogP contribution in [-0.4, -0.2) is 17.4 Å². The number of hydrogen-bond donors (Lipinski definition) is 2. The largest absolute Gasteiger partial charge is 0.352 e. The van der Waals surface area contributed by atoms with Gasteiger partial charge in [0.1, 0.15) is 5.82 Å². The molecule has 0 aliphatic heterocycles. The van der Waals surface area contributed by atoms with E-state index in [0.717, 1.165) is 17.7 Å². The SMILES string of the molecule is O=C(NCCc1cccc(Cl)c1)c1ccnc(Nc2ccc(F)c(F)c2)c1. The van der Waals surface area contributed by atoms with E-state index in [1.807, 2.05) is 18.2 Å². The Labute approximate surface area is 160 Å². The molecule has 1 heterocycles. The highest BCUT2D eigenvalue weighted by Crippen LogP contribution is 2.18. The Morgan fingerprint density at radius 2 is 1.89 bits per heavy atom. The second-order valence-electron chi connectivity index (χ2n) is 5.82. The van der Waals surface area contributed by atoms with Crippen molar-refractivity contribution in [1.82, 2.24) is 10.3 Å². The lowest BCUT2D eigenvalue weighted by atomic mass is 10.1. The first-order valence-corrected chi connectivity index (χ1v) is 8.60. The summed E-state index contributed by atoms with van der Waals surface area (Å²) < 4.78 is 26.3. The quantitative estimate of drug-likeness (QED) is 0.643. The van der Waals surface area contributed by atoms with Crippen LogP contribution in [0.1, 0.15) is 15.9 Å². The van der Waals surface area contributed by atoms with Crippen LogP contribution in [0, 0.1) is 11.6 Å². The summed E-state index contributed by atoms with van der Waals surface area (Å²) in [5.74, 6) is -1.80. The minimum absolute atomic E-state index is 0.257. The number of hydrogen-bond acceptors (Lipinski definition) is 3. The summed E-state index contributed by atoms with van der Waals surface area (Å²) in [5.41, 5.74) is 1.76. The fourth-order valence-corrected chi connectivity index (χ4v) is 2.69. The molecule has 138 valence electrons. The zero-order valence-corrected chi connectivity index (χ0v) is 14.9. The fourth-order valence-electron chi connectivity index (χ4n) is 2.48. The van der Waals surface area contributed by atoms with Gasteiger partial charge in [-0.05, 0) is 48.4 Å². The van der Waals surface area contributed by atoms with Crippen LogP contribution in [-0.2, 0) is 6.42 Å². The molecule has 0 bridgehead atoms. The molecule has 0 aliphatic carbocycles. The molecular weight excluding hydrogens is 372 g/mol. The molecule has 0 spiro atoms. The maximum absolute atomic E-state index is 13.3. The van der Waals surface area contributed by atoms with Crippen LogP contribution in [0.4, 0.5) is 20.3 Å². The van der Waals surface area contributed by atoms with E-state index < -0.39 is 11.6 Å². The molecular formula is C20H16ClF2N3O. The Balaban J connectivity index is 1.60. The van der Waals surface area contributed by atoms with E-state index >= 15 is 0 Å². The number of carbonyl (C=O) groups excluding carboxylic acids is 1. The van der Waals surface area contributed by atoms with Crippen LogP contribution >= 0.6 is 11.6 Å².